The molecule has 2 saturated heterocycles. The summed E-state index contributed by atoms with van der Waals surface area (Å²) in [5.74, 6) is 0.136. The molecule has 4 heterocycles. The van der Waals surface area contributed by atoms with Crippen molar-refractivity contribution in [3.05, 3.63) is 77.6 Å². The maximum Gasteiger partial charge on any atom is 0.419 e. The van der Waals surface area contributed by atoms with E-state index in [2.05, 4.69) is 10.6 Å². The predicted octanol–water partition coefficient (Wildman–Crippen LogP) is 5.56. The molecule has 3 aliphatic heterocycles. The number of carbonyl (C=O) groups excluding carboxylic acids is 1. The highest BCUT2D eigenvalue weighted by molar-refractivity contribution is 5.95. The molecule has 2 unspecified atom stereocenters. The van der Waals surface area contributed by atoms with Crippen molar-refractivity contribution in [3.8, 4) is 17.2 Å². The number of amides is 1. The van der Waals surface area contributed by atoms with E-state index in [0.29, 0.717) is 12.8 Å². The summed E-state index contributed by atoms with van der Waals surface area (Å²) in [6.07, 6.45) is 0.194. The van der Waals surface area contributed by atoms with Crippen molar-refractivity contribution in [3.63, 3.8) is 0 Å². The van der Waals surface area contributed by atoms with Crippen molar-refractivity contribution in [2.45, 2.75) is 49.5 Å². The maximum absolute atomic E-state index is 13.5. The summed E-state index contributed by atoms with van der Waals surface area (Å²) in [6, 6.07) is 15.3. The van der Waals surface area contributed by atoms with Gasteiger partial charge in [0, 0.05) is 36.7 Å². The smallest absolute Gasteiger partial charge is 0.419 e. The molecule has 1 spiro atoms. The normalized spacial score (nSPS) is 25.0. The van der Waals surface area contributed by atoms with Crippen LogP contribution in [-0.4, -0.2) is 34.6 Å². The molecule has 2 atom stereocenters. The van der Waals surface area contributed by atoms with E-state index in [4.69, 9.17) is 9.47 Å². The summed E-state index contributed by atoms with van der Waals surface area (Å²) < 4.78 is 54.2. The van der Waals surface area contributed by atoms with Gasteiger partial charge in [-0.3, -0.25) is 4.79 Å². The number of piperidine rings is 1. The van der Waals surface area contributed by atoms with Crippen LogP contribution in [0.5, 0.6) is 11.5 Å². The highest BCUT2D eigenvalue weighted by atomic mass is 19.4. The molecule has 2 aromatic carbocycles. The molecule has 34 heavy (non-hydrogen) atoms. The molecule has 3 aliphatic rings. The van der Waals surface area contributed by atoms with Crippen molar-refractivity contribution in [2.75, 3.05) is 7.11 Å². The number of halogens is 3. The average Bonchev–Trinajstić information content (AvgIpc) is 3.42. The fourth-order valence-electron chi connectivity index (χ4n) is 6.01. The van der Waals surface area contributed by atoms with Crippen molar-refractivity contribution >= 4 is 5.91 Å². The Hall–Kier alpha value is -3.42. The van der Waals surface area contributed by atoms with Gasteiger partial charge < -0.3 is 18.9 Å². The van der Waals surface area contributed by atoms with Crippen LogP contribution in [0.4, 0.5) is 13.2 Å². The fraction of sp³-hybridized carbons (Fsp3) is 0.346. The van der Waals surface area contributed by atoms with E-state index >= 15 is 0 Å². The van der Waals surface area contributed by atoms with Crippen molar-refractivity contribution in [1.29, 1.82) is 0 Å². The van der Waals surface area contributed by atoms with Gasteiger partial charge in [0.1, 0.15) is 11.5 Å². The molecule has 8 heteroatoms. The Morgan fingerprint density at radius 1 is 1.06 bits per heavy atom. The van der Waals surface area contributed by atoms with E-state index in [1.165, 1.54) is 19.2 Å². The van der Waals surface area contributed by atoms with Gasteiger partial charge in [0.05, 0.1) is 24.1 Å². The zero-order valence-corrected chi connectivity index (χ0v) is 18.5. The molecule has 3 aromatic rings. The first kappa shape index (κ1) is 21.1. The third-order valence-electron chi connectivity index (χ3n) is 7.38. The lowest BCUT2D eigenvalue weighted by Crippen LogP contribution is -2.55. The third-order valence-corrected chi connectivity index (χ3v) is 7.38. The van der Waals surface area contributed by atoms with E-state index < -0.39 is 17.3 Å². The number of benzene rings is 2. The number of aromatic nitrogens is 1. The van der Waals surface area contributed by atoms with E-state index in [9.17, 15) is 18.0 Å². The predicted molar refractivity (Wildman–Crippen MR) is 118 cm³/mol. The Kier molecular flexibility index (Phi) is 4.53. The summed E-state index contributed by atoms with van der Waals surface area (Å²) in [5.41, 5.74) is 0.555. The summed E-state index contributed by atoms with van der Waals surface area (Å²) in [5, 5.41) is 0. The van der Waals surface area contributed by atoms with Crippen LogP contribution in [0.2, 0.25) is 0 Å². The zero-order chi connectivity index (χ0) is 23.7. The van der Waals surface area contributed by atoms with E-state index in [-0.39, 0.29) is 29.3 Å². The summed E-state index contributed by atoms with van der Waals surface area (Å²) in [7, 11) is 1.19. The largest absolute Gasteiger partial charge is 0.496 e. The number of hydrogen-bond acceptors (Lipinski definition) is 3. The molecule has 0 saturated carbocycles. The molecule has 2 bridgehead atoms. The number of hydrogen-bond donors (Lipinski definition) is 0. The second-order valence-corrected chi connectivity index (χ2v) is 9.25. The molecular weight excluding hydrogens is 445 g/mol. The first-order valence-corrected chi connectivity index (χ1v) is 11.3. The van der Waals surface area contributed by atoms with Crippen LogP contribution >= 0.6 is 0 Å². The summed E-state index contributed by atoms with van der Waals surface area (Å²) >= 11 is 0. The second-order valence-electron chi connectivity index (χ2n) is 9.25. The van der Waals surface area contributed by atoms with Crippen LogP contribution in [0.3, 0.4) is 0 Å². The molecule has 1 amide bonds. The monoisotopic (exact) mass is 468 g/mol. The Bertz CT molecular complexity index is 1270. The third kappa shape index (κ3) is 3.04. The van der Waals surface area contributed by atoms with E-state index in [1.54, 1.807) is 4.90 Å². The quantitative estimate of drug-likeness (QED) is 0.495. The van der Waals surface area contributed by atoms with Gasteiger partial charge in [-0.25, -0.2) is 0 Å². The minimum Gasteiger partial charge on any atom is -0.496 e. The SMILES string of the molecule is COc1ccc(C(=O)N2C3CCC2CC2(C3)Oc3ccccc3-n3cccc32)cc1C(F)(F)F. The number of alkyl halides is 3. The zero-order valence-electron chi connectivity index (χ0n) is 18.5. The summed E-state index contributed by atoms with van der Waals surface area (Å²) in [4.78, 5) is 15.3. The summed E-state index contributed by atoms with van der Waals surface area (Å²) in [6.45, 7) is 0. The van der Waals surface area contributed by atoms with E-state index in [1.807, 2.05) is 36.5 Å². The van der Waals surface area contributed by atoms with Crippen molar-refractivity contribution < 1.29 is 27.4 Å². The van der Waals surface area contributed by atoms with Crippen LogP contribution in [0.1, 0.15) is 47.3 Å². The Balaban J connectivity index is 1.33. The van der Waals surface area contributed by atoms with Crippen LogP contribution in [0, 0.1) is 0 Å². The first-order chi connectivity index (χ1) is 16.3. The molecular formula is C26H23F3N2O3. The molecule has 0 N–H and O–H groups in total. The van der Waals surface area contributed by atoms with Crippen molar-refractivity contribution in [1.82, 2.24) is 9.47 Å². The topological polar surface area (TPSA) is 43.7 Å². The first-order valence-electron chi connectivity index (χ1n) is 11.3. The van der Waals surface area contributed by atoms with E-state index in [0.717, 1.165) is 36.0 Å². The maximum atomic E-state index is 13.5. The Labute approximate surface area is 194 Å². The van der Waals surface area contributed by atoms with Gasteiger partial charge in [-0.15, -0.1) is 0 Å². The number of fused-ring (bicyclic) bond motifs is 6. The lowest BCUT2D eigenvalue weighted by atomic mass is 9.81. The van der Waals surface area contributed by atoms with Crippen LogP contribution in [0.25, 0.3) is 5.69 Å². The lowest BCUT2D eigenvalue weighted by Gasteiger charge is -2.48. The van der Waals surface area contributed by atoms with Crippen LogP contribution < -0.4 is 9.47 Å². The van der Waals surface area contributed by atoms with Gasteiger partial charge in [0.15, 0.2) is 5.60 Å². The number of ether oxygens (including phenoxy) is 2. The fourth-order valence-corrected chi connectivity index (χ4v) is 6.01. The standard InChI is InChI=1S/C26H23F3N2O3/c1-33-21-11-8-16(13-19(21)26(27,28)29)24(32)31-17-9-10-18(31)15-25(14-17)23-7-4-12-30(23)20-5-2-3-6-22(20)34-25/h2-8,11-13,17-18H,9-10,14-15H2,1H3. The molecule has 6 rings (SSSR count). The number of rotatable bonds is 2. The minimum absolute atomic E-state index is 0.0271. The Morgan fingerprint density at radius 2 is 1.79 bits per heavy atom. The minimum atomic E-state index is -4.61. The van der Waals surface area contributed by atoms with Gasteiger partial charge >= 0.3 is 6.18 Å². The lowest BCUT2D eigenvalue weighted by molar-refractivity contribution is -0.138. The van der Waals surface area contributed by atoms with Gasteiger partial charge in [0.2, 0.25) is 0 Å². The number of methoxy groups -OCH3 is 1. The highest BCUT2D eigenvalue weighted by Crippen LogP contribution is 2.52. The van der Waals surface area contributed by atoms with Gasteiger partial charge in [-0.1, -0.05) is 12.1 Å². The molecule has 2 fully saturated rings. The average molecular weight is 468 g/mol. The van der Waals surface area contributed by atoms with Crippen LogP contribution in [0.15, 0.2) is 60.8 Å². The molecule has 5 nitrogen and oxygen atoms in total. The number of para-hydroxylation sites is 2. The Morgan fingerprint density at radius 3 is 2.50 bits per heavy atom. The van der Waals surface area contributed by atoms with Gasteiger partial charge in [-0.05, 0) is 55.3 Å². The highest BCUT2D eigenvalue weighted by Gasteiger charge is 2.54. The van der Waals surface area contributed by atoms with Gasteiger partial charge in [-0.2, -0.15) is 13.2 Å². The molecule has 1 aromatic heterocycles. The molecule has 0 aliphatic carbocycles. The number of carbonyl (C=O) groups is 1. The second kappa shape index (κ2) is 7.29. The molecule has 176 valence electrons. The van der Waals surface area contributed by atoms with Crippen LogP contribution in [-0.2, 0) is 11.8 Å². The van der Waals surface area contributed by atoms with Gasteiger partial charge in [0.25, 0.3) is 5.91 Å². The molecule has 0 radical (unpaired) electrons. The van der Waals surface area contributed by atoms with Crippen molar-refractivity contribution in [2.24, 2.45) is 0 Å². The number of nitrogens with zero attached hydrogens (tertiary/aromatic N) is 2.